The van der Waals surface area contributed by atoms with E-state index in [0.717, 1.165) is 74.1 Å². The van der Waals surface area contributed by atoms with Crippen LogP contribution in [0.15, 0.2) is 42.5 Å². The van der Waals surface area contributed by atoms with Crippen LogP contribution in [0.1, 0.15) is 80.7 Å². The molecule has 1 amide bonds. The Hall–Kier alpha value is -2.86. The highest BCUT2D eigenvalue weighted by Crippen LogP contribution is 2.46. The number of carbonyl (C=O) groups excluding carboxylic acids is 1. The summed E-state index contributed by atoms with van der Waals surface area (Å²) in [6.45, 7) is 9.37. The maximum absolute atomic E-state index is 13.6. The second-order valence-corrected chi connectivity index (χ2v) is 10.5. The zero-order chi connectivity index (χ0) is 26.4. The molecule has 200 valence electrons. The molecule has 1 fully saturated rings. The van der Waals surface area contributed by atoms with Gasteiger partial charge >= 0.3 is 5.97 Å². The number of aryl methyl sites for hydroxylation is 1. The van der Waals surface area contributed by atoms with E-state index < -0.39 is 11.9 Å². The Balaban J connectivity index is 1.67. The van der Waals surface area contributed by atoms with Crippen LogP contribution in [-0.2, 0) is 22.4 Å². The van der Waals surface area contributed by atoms with Gasteiger partial charge in [-0.3, -0.25) is 14.5 Å². The number of unbranched alkanes of at least 4 members (excludes halogenated alkanes) is 2. The third-order valence-electron chi connectivity index (χ3n) is 8.01. The van der Waals surface area contributed by atoms with Gasteiger partial charge in [-0.25, -0.2) is 0 Å². The summed E-state index contributed by atoms with van der Waals surface area (Å²) in [4.78, 5) is 30.5. The first kappa shape index (κ1) is 27.2. The van der Waals surface area contributed by atoms with E-state index in [1.165, 1.54) is 5.56 Å². The van der Waals surface area contributed by atoms with Crippen molar-refractivity contribution in [3.63, 3.8) is 0 Å². The number of carbonyl (C=O) groups is 2. The Bertz CT molecular complexity index is 1060. The minimum atomic E-state index is -0.810. The first-order chi connectivity index (χ1) is 18.0. The molecule has 1 saturated heterocycles. The molecule has 4 rings (SSSR count). The topological polar surface area (TPSA) is 70.1 Å². The van der Waals surface area contributed by atoms with Crippen molar-refractivity contribution in [3.05, 3.63) is 64.7 Å². The van der Waals surface area contributed by atoms with E-state index in [1.54, 1.807) is 0 Å². The third-order valence-corrected chi connectivity index (χ3v) is 8.01. The average molecular weight is 507 g/mol. The molecule has 0 aromatic heterocycles. The number of aliphatic carboxylic acids is 1. The summed E-state index contributed by atoms with van der Waals surface area (Å²) in [7, 11) is 0. The summed E-state index contributed by atoms with van der Waals surface area (Å²) in [6.07, 6.45) is 5.82. The van der Waals surface area contributed by atoms with Gasteiger partial charge in [-0.1, -0.05) is 70.0 Å². The van der Waals surface area contributed by atoms with Gasteiger partial charge < -0.3 is 14.7 Å². The van der Waals surface area contributed by atoms with Gasteiger partial charge in [0, 0.05) is 38.0 Å². The molecule has 0 spiro atoms. The number of fused-ring (bicyclic) bond motifs is 1. The number of amides is 1. The molecule has 2 aromatic carbocycles. The SMILES string of the molecule is CCCCN(CCCC)C(=O)CN1C[C@H](c2ccc3c(c2)CCO3)[C@@H](C(=O)O)[C@@H]1c1ccc(CC)cc1. The van der Waals surface area contributed by atoms with Crippen LogP contribution in [-0.4, -0.2) is 59.6 Å². The summed E-state index contributed by atoms with van der Waals surface area (Å²) in [5.74, 6) is -0.652. The zero-order valence-electron chi connectivity index (χ0n) is 22.6. The van der Waals surface area contributed by atoms with E-state index in [-0.39, 0.29) is 24.4 Å². The van der Waals surface area contributed by atoms with Crippen LogP contribution < -0.4 is 4.74 Å². The molecule has 2 aliphatic heterocycles. The molecule has 0 bridgehead atoms. The smallest absolute Gasteiger partial charge is 0.309 e. The summed E-state index contributed by atoms with van der Waals surface area (Å²) in [5, 5.41) is 10.5. The van der Waals surface area contributed by atoms with Crippen LogP contribution in [0.4, 0.5) is 0 Å². The molecule has 1 N–H and O–H groups in total. The van der Waals surface area contributed by atoms with E-state index in [0.29, 0.717) is 13.2 Å². The number of nitrogens with zero attached hydrogens (tertiary/aromatic N) is 2. The number of benzene rings is 2. The summed E-state index contributed by atoms with van der Waals surface area (Å²) < 4.78 is 5.69. The Morgan fingerprint density at radius 2 is 1.68 bits per heavy atom. The molecule has 6 nitrogen and oxygen atoms in total. The molecule has 2 heterocycles. The first-order valence-corrected chi connectivity index (χ1v) is 14.1. The van der Waals surface area contributed by atoms with Crippen molar-refractivity contribution in [2.45, 2.75) is 71.3 Å². The molecule has 37 heavy (non-hydrogen) atoms. The van der Waals surface area contributed by atoms with Gasteiger partial charge in [0.2, 0.25) is 5.91 Å². The highest BCUT2D eigenvalue weighted by molar-refractivity contribution is 5.79. The zero-order valence-corrected chi connectivity index (χ0v) is 22.6. The number of hydrogen-bond acceptors (Lipinski definition) is 4. The lowest BCUT2D eigenvalue weighted by molar-refractivity contribution is -0.144. The number of ether oxygens (including phenoxy) is 1. The Kier molecular flexibility index (Phi) is 9.25. The van der Waals surface area contributed by atoms with Crippen molar-refractivity contribution in [1.82, 2.24) is 9.80 Å². The minimum absolute atomic E-state index is 0.101. The van der Waals surface area contributed by atoms with Gasteiger partial charge in [0.25, 0.3) is 0 Å². The monoisotopic (exact) mass is 506 g/mol. The van der Waals surface area contributed by atoms with Gasteiger partial charge in [0.1, 0.15) is 5.75 Å². The summed E-state index contributed by atoms with van der Waals surface area (Å²) in [5.41, 5.74) is 4.36. The number of carboxylic acid groups (broad SMARTS) is 1. The molecule has 2 aliphatic rings. The summed E-state index contributed by atoms with van der Waals surface area (Å²) >= 11 is 0. The molecule has 3 atom stereocenters. The normalized spacial score (nSPS) is 21.0. The van der Waals surface area contributed by atoms with E-state index in [1.807, 2.05) is 17.0 Å². The van der Waals surface area contributed by atoms with Crippen LogP contribution >= 0.6 is 0 Å². The molecule has 6 heteroatoms. The second kappa shape index (κ2) is 12.6. The number of rotatable bonds is 12. The quantitative estimate of drug-likeness (QED) is 0.414. The molecule has 0 aliphatic carbocycles. The number of likely N-dealkylation sites (tertiary alicyclic amines) is 1. The van der Waals surface area contributed by atoms with Gasteiger partial charge in [-0.2, -0.15) is 0 Å². The lowest BCUT2D eigenvalue weighted by atomic mass is 9.82. The number of hydrogen-bond donors (Lipinski definition) is 1. The highest BCUT2D eigenvalue weighted by atomic mass is 16.5. The van der Waals surface area contributed by atoms with Crippen LogP contribution in [0.25, 0.3) is 0 Å². The predicted molar refractivity (Wildman–Crippen MR) is 146 cm³/mol. The van der Waals surface area contributed by atoms with Crippen LogP contribution in [0, 0.1) is 5.92 Å². The molecule has 0 saturated carbocycles. The van der Waals surface area contributed by atoms with Gasteiger partial charge in [-0.05, 0) is 47.6 Å². The molecular formula is C31H42N2O4. The predicted octanol–water partition coefficient (Wildman–Crippen LogP) is 5.45. The van der Waals surface area contributed by atoms with E-state index in [4.69, 9.17) is 4.74 Å². The van der Waals surface area contributed by atoms with Gasteiger partial charge in [0.15, 0.2) is 0 Å². The molecule has 2 aromatic rings. The fraction of sp³-hybridized carbons (Fsp3) is 0.548. The Morgan fingerprint density at radius 3 is 2.30 bits per heavy atom. The number of carboxylic acids is 1. The standard InChI is InChI=1S/C31H42N2O4/c1-4-7-16-32(17-8-5-2)28(34)21-33-20-26(24-13-14-27-25(19-24)15-18-37-27)29(31(35)36)30(33)23-11-9-22(6-3)10-12-23/h9-14,19,26,29-30H,4-8,15-18,20-21H2,1-3H3,(H,35,36)/t26-,29-,30+/m1/s1. The van der Waals surface area contributed by atoms with Crippen LogP contribution in [0.5, 0.6) is 5.75 Å². The van der Waals surface area contributed by atoms with Crippen molar-refractivity contribution in [2.75, 3.05) is 32.8 Å². The van der Waals surface area contributed by atoms with Crippen molar-refractivity contribution >= 4 is 11.9 Å². The molecule has 0 radical (unpaired) electrons. The van der Waals surface area contributed by atoms with Crippen LogP contribution in [0.2, 0.25) is 0 Å². The minimum Gasteiger partial charge on any atom is -0.493 e. The molecular weight excluding hydrogens is 464 g/mol. The largest absolute Gasteiger partial charge is 0.493 e. The third kappa shape index (κ3) is 6.18. The van der Waals surface area contributed by atoms with Crippen molar-refractivity contribution in [1.29, 1.82) is 0 Å². The fourth-order valence-electron chi connectivity index (χ4n) is 5.85. The molecule has 0 unspecified atom stereocenters. The lowest BCUT2D eigenvalue weighted by Crippen LogP contribution is -2.42. The average Bonchev–Trinajstić information content (AvgIpc) is 3.53. The van der Waals surface area contributed by atoms with Crippen LogP contribution in [0.3, 0.4) is 0 Å². The van der Waals surface area contributed by atoms with Crippen molar-refractivity contribution in [2.24, 2.45) is 5.92 Å². The highest BCUT2D eigenvalue weighted by Gasteiger charge is 2.48. The van der Waals surface area contributed by atoms with E-state index in [9.17, 15) is 14.7 Å². The lowest BCUT2D eigenvalue weighted by Gasteiger charge is -2.30. The van der Waals surface area contributed by atoms with E-state index >= 15 is 0 Å². The van der Waals surface area contributed by atoms with Gasteiger partial charge in [0.05, 0.1) is 19.1 Å². The Morgan fingerprint density at radius 1 is 1.00 bits per heavy atom. The van der Waals surface area contributed by atoms with Gasteiger partial charge in [-0.15, -0.1) is 0 Å². The maximum Gasteiger partial charge on any atom is 0.309 e. The first-order valence-electron chi connectivity index (χ1n) is 14.1. The van der Waals surface area contributed by atoms with Crippen molar-refractivity contribution < 1.29 is 19.4 Å². The second-order valence-electron chi connectivity index (χ2n) is 10.5. The Labute approximate surface area is 221 Å². The van der Waals surface area contributed by atoms with Crippen molar-refractivity contribution in [3.8, 4) is 5.75 Å². The maximum atomic E-state index is 13.6. The fourth-order valence-corrected chi connectivity index (χ4v) is 5.85. The summed E-state index contributed by atoms with van der Waals surface area (Å²) in [6, 6.07) is 14.0. The van der Waals surface area contributed by atoms with E-state index in [2.05, 4.69) is 56.0 Å².